The number of aryl methyl sites for hydroxylation is 2. The molecule has 5 nitrogen and oxygen atoms in total. The second kappa shape index (κ2) is 8.01. The number of nitriles is 1. The van der Waals surface area contributed by atoms with Gasteiger partial charge in [0.1, 0.15) is 11.6 Å². The molecule has 1 aromatic heterocycles. The van der Waals surface area contributed by atoms with Crippen molar-refractivity contribution < 1.29 is 4.79 Å². The van der Waals surface area contributed by atoms with E-state index in [0.29, 0.717) is 24.1 Å². The summed E-state index contributed by atoms with van der Waals surface area (Å²) in [6.45, 7) is 7.60. The van der Waals surface area contributed by atoms with E-state index in [9.17, 15) is 9.59 Å². The largest absolute Gasteiger partial charge is 0.339 e. The molecule has 2 rings (SSSR count). The zero-order valence-electron chi connectivity index (χ0n) is 16.0. The van der Waals surface area contributed by atoms with E-state index in [1.807, 2.05) is 44.2 Å². The maximum atomic E-state index is 12.6. The Morgan fingerprint density at radius 3 is 2.42 bits per heavy atom. The Labute approximate surface area is 154 Å². The van der Waals surface area contributed by atoms with E-state index in [4.69, 9.17) is 5.26 Å². The topological polar surface area (TPSA) is 77.0 Å². The van der Waals surface area contributed by atoms with E-state index in [2.05, 4.69) is 4.98 Å². The molecule has 1 N–H and O–H groups in total. The molecule has 0 bridgehead atoms. The summed E-state index contributed by atoms with van der Waals surface area (Å²) in [7, 11) is 1.81. The van der Waals surface area contributed by atoms with Crippen LogP contribution in [-0.4, -0.2) is 22.8 Å². The maximum Gasteiger partial charge on any atom is 0.266 e. The number of hydrogen-bond acceptors (Lipinski definition) is 3. The van der Waals surface area contributed by atoms with Crippen LogP contribution in [-0.2, 0) is 11.2 Å². The molecule has 0 aliphatic rings. The smallest absolute Gasteiger partial charge is 0.266 e. The van der Waals surface area contributed by atoms with Crippen molar-refractivity contribution in [1.82, 2.24) is 9.88 Å². The van der Waals surface area contributed by atoms with Gasteiger partial charge in [-0.25, -0.2) is 0 Å². The summed E-state index contributed by atoms with van der Waals surface area (Å²) in [6, 6.07) is 10.1. The van der Waals surface area contributed by atoms with E-state index in [1.165, 1.54) is 5.56 Å². The van der Waals surface area contributed by atoms with Crippen LogP contribution in [0.15, 0.2) is 29.1 Å². The first kappa shape index (κ1) is 19.5. The normalized spacial score (nSPS) is 11.7. The number of aromatic amines is 1. The lowest BCUT2D eigenvalue weighted by Gasteiger charge is -2.26. The van der Waals surface area contributed by atoms with Gasteiger partial charge in [-0.1, -0.05) is 29.8 Å². The van der Waals surface area contributed by atoms with Crippen molar-refractivity contribution in [3.8, 4) is 6.07 Å². The zero-order chi connectivity index (χ0) is 19.4. The van der Waals surface area contributed by atoms with E-state index >= 15 is 0 Å². The summed E-state index contributed by atoms with van der Waals surface area (Å²) >= 11 is 0. The average Bonchev–Trinajstić information content (AvgIpc) is 2.60. The molecule has 26 heavy (non-hydrogen) atoms. The minimum absolute atomic E-state index is 0.0180. The highest BCUT2D eigenvalue weighted by atomic mass is 16.2. The fourth-order valence-electron chi connectivity index (χ4n) is 3.11. The van der Waals surface area contributed by atoms with Crippen LogP contribution in [0.2, 0.25) is 0 Å². The number of carbonyl (C=O) groups excluding carboxylic acids is 1. The molecule has 136 valence electrons. The summed E-state index contributed by atoms with van der Waals surface area (Å²) in [6.07, 6.45) is 0.818. The van der Waals surface area contributed by atoms with Crippen molar-refractivity contribution >= 4 is 5.91 Å². The van der Waals surface area contributed by atoms with Crippen molar-refractivity contribution in [3.05, 3.63) is 68.1 Å². The van der Waals surface area contributed by atoms with E-state index in [-0.39, 0.29) is 23.1 Å². The summed E-state index contributed by atoms with van der Waals surface area (Å²) in [5.41, 5.74) is 4.28. The lowest BCUT2D eigenvalue weighted by molar-refractivity contribution is -0.131. The van der Waals surface area contributed by atoms with Gasteiger partial charge in [-0.2, -0.15) is 5.26 Å². The first-order valence-electron chi connectivity index (χ1n) is 8.71. The van der Waals surface area contributed by atoms with Gasteiger partial charge in [0.25, 0.3) is 5.56 Å². The number of aromatic nitrogens is 1. The van der Waals surface area contributed by atoms with Gasteiger partial charge in [0.05, 0.1) is 6.04 Å². The Hall–Kier alpha value is -2.87. The highest BCUT2D eigenvalue weighted by molar-refractivity contribution is 5.76. The van der Waals surface area contributed by atoms with Gasteiger partial charge in [0.2, 0.25) is 5.91 Å². The number of hydrogen-bond donors (Lipinski definition) is 1. The lowest BCUT2D eigenvalue weighted by atomic mass is 9.98. The summed E-state index contributed by atoms with van der Waals surface area (Å²) < 4.78 is 0. The van der Waals surface area contributed by atoms with Crippen LogP contribution in [0, 0.1) is 32.1 Å². The van der Waals surface area contributed by atoms with Crippen LogP contribution in [0.25, 0.3) is 0 Å². The van der Waals surface area contributed by atoms with Crippen molar-refractivity contribution in [2.75, 3.05) is 7.05 Å². The first-order valence-corrected chi connectivity index (χ1v) is 8.71. The van der Waals surface area contributed by atoms with Crippen molar-refractivity contribution in [1.29, 1.82) is 5.26 Å². The van der Waals surface area contributed by atoms with Gasteiger partial charge in [0, 0.05) is 19.2 Å². The Morgan fingerprint density at radius 2 is 1.85 bits per heavy atom. The van der Waals surface area contributed by atoms with Gasteiger partial charge >= 0.3 is 0 Å². The molecule has 0 radical (unpaired) electrons. The van der Waals surface area contributed by atoms with Crippen LogP contribution < -0.4 is 5.56 Å². The molecule has 1 aromatic carbocycles. The first-order chi connectivity index (χ1) is 12.3. The molecule has 0 aliphatic heterocycles. The van der Waals surface area contributed by atoms with Crippen LogP contribution in [0.1, 0.15) is 52.9 Å². The third-order valence-electron chi connectivity index (χ3n) is 5.04. The van der Waals surface area contributed by atoms with Crippen molar-refractivity contribution in [2.24, 2.45) is 0 Å². The summed E-state index contributed by atoms with van der Waals surface area (Å²) in [5.74, 6) is 0.0292. The number of nitrogens with one attached hydrogen (secondary N) is 1. The molecule has 1 amide bonds. The SMILES string of the molecule is Cc1ccc(C(C)N(C)C(=O)CCc2c(C)[nH]c(=O)c(C#N)c2C)cc1. The molecule has 0 fully saturated rings. The Kier molecular flexibility index (Phi) is 5.99. The number of H-pyrrole nitrogens is 1. The third kappa shape index (κ3) is 4.02. The number of pyridine rings is 1. The summed E-state index contributed by atoms with van der Waals surface area (Å²) in [4.78, 5) is 28.9. The van der Waals surface area contributed by atoms with Crippen LogP contribution in [0.3, 0.4) is 0 Å². The second-order valence-electron chi connectivity index (χ2n) is 6.76. The fraction of sp³-hybridized carbons (Fsp3) is 0.381. The molecule has 0 saturated heterocycles. The highest BCUT2D eigenvalue weighted by Crippen LogP contribution is 2.21. The highest BCUT2D eigenvalue weighted by Gasteiger charge is 2.19. The van der Waals surface area contributed by atoms with Gasteiger partial charge in [-0.15, -0.1) is 0 Å². The molecule has 1 unspecified atom stereocenters. The molecule has 0 spiro atoms. The minimum Gasteiger partial charge on any atom is -0.339 e. The molecule has 2 aromatic rings. The van der Waals surface area contributed by atoms with E-state index < -0.39 is 0 Å². The third-order valence-corrected chi connectivity index (χ3v) is 5.04. The molecule has 0 aliphatic carbocycles. The molecule has 0 saturated carbocycles. The number of benzene rings is 1. The number of amides is 1. The van der Waals surface area contributed by atoms with E-state index in [1.54, 1.807) is 25.8 Å². The predicted molar refractivity (Wildman–Crippen MR) is 102 cm³/mol. The zero-order valence-corrected chi connectivity index (χ0v) is 16.0. The summed E-state index contributed by atoms with van der Waals surface area (Å²) in [5, 5.41) is 9.15. The lowest BCUT2D eigenvalue weighted by Crippen LogP contribution is -2.30. The molecule has 5 heteroatoms. The second-order valence-corrected chi connectivity index (χ2v) is 6.76. The van der Waals surface area contributed by atoms with Crippen LogP contribution in [0.4, 0.5) is 0 Å². The number of nitrogens with zero attached hydrogens (tertiary/aromatic N) is 2. The Bertz CT molecular complexity index is 905. The molecule has 1 heterocycles. The molecular weight excluding hydrogens is 326 g/mol. The van der Waals surface area contributed by atoms with Crippen molar-refractivity contribution in [2.45, 2.75) is 46.6 Å². The van der Waals surface area contributed by atoms with Crippen LogP contribution in [0.5, 0.6) is 0 Å². The fourth-order valence-corrected chi connectivity index (χ4v) is 3.11. The van der Waals surface area contributed by atoms with E-state index in [0.717, 1.165) is 11.1 Å². The van der Waals surface area contributed by atoms with Crippen LogP contribution >= 0.6 is 0 Å². The predicted octanol–water partition coefficient (Wildman–Crippen LogP) is 3.32. The van der Waals surface area contributed by atoms with Gasteiger partial charge in [0.15, 0.2) is 0 Å². The number of rotatable bonds is 5. The monoisotopic (exact) mass is 351 g/mol. The van der Waals surface area contributed by atoms with Gasteiger partial charge in [-0.3, -0.25) is 9.59 Å². The average molecular weight is 351 g/mol. The molecular formula is C21H25N3O2. The standard InChI is InChI=1S/C21H25N3O2/c1-13-6-8-17(9-7-13)16(4)24(5)20(25)11-10-18-14(2)19(12-22)21(26)23-15(18)3/h6-9,16H,10-11H2,1-5H3,(H,23,26). The minimum atomic E-state index is -0.373. The Morgan fingerprint density at radius 1 is 1.23 bits per heavy atom. The maximum absolute atomic E-state index is 12.6. The van der Waals surface area contributed by atoms with Crippen molar-refractivity contribution in [3.63, 3.8) is 0 Å². The van der Waals surface area contributed by atoms with Gasteiger partial charge < -0.3 is 9.88 Å². The molecule has 1 atom stereocenters. The Balaban J connectivity index is 2.12. The van der Waals surface area contributed by atoms with Gasteiger partial charge in [-0.05, 0) is 50.8 Å². The number of carbonyl (C=O) groups is 1. The quantitative estimate of drug-likeness (QED) is 0.897.